The molecule has 2 aromatic heterocycles. The first-order valence-corrected chi connectivity index (χ1v) is 20.3. The summed E-state index contributed by atoms with van der Waals surface area (Å²) in [6.07, 6.45) is 6.74. The number of hydrogen-bond donors (Lipinski definition) is 2. The Bertz CT molecular complexity index is 2490. The molecule has 58 heavy (non-hydrogen) atoms. The smallest absolute Gasteiger partial charge is 0.261 e. The van der Waals surface area contributed by atoms with E-state index < -0.39 is 23.8 Å². The number of aryl methyl sites for hydroxylation is 1. The Morgan fingerprint density at radius 1 is 1.10 bits per heavy atom. The van der Waals surface area contributed by atoms with E-state index in [9.17, 15) is 19.2 Å². The second kappa shape index (κ2) is 16.2. The van der Waals surface area contributed by atoms with Crippen molar-refractivity contribution in [1.29, 1.82) is 0 Å². The zero-order valence-electron chi connectivity index (χ0n) is 32.4. The molecule has 2 aromatic carbocycles. The minimum atomic E-state index is -1.04. The number of amides is 4. The van der Waals surface area contributed by atoms with Crippen LogP contribution in [0.3, 0.4) is 0 Å². The maximum absolute atomic E-state index is 13.3. The fourth-order valence-corrected chi connectivity index (χ4v) is 9.03. The SMILES string of the molecule is Cc1c(OCC2CN(CC3=CNC(C#Cc4sc5c(c4C)C(c4ccc(Cl)cc4)=N[C@@H](C)c4nnc(C)n4-5)C=C3)C2)cccc1C(=O)N(C=O)C1CCC(=O)NC1=O. The van der Waals surface area contributed by atoms with Crippen LogP contribution in [-0.4, -0.2) is 92.7 Å². The number of nitrogens with zero attached hydrogens (tertiary/aromatic N) is 6. The number of aliphatic imine (C=N–C) groups is 1. The lowest BCUT2D eigenvalue weighted by atomic mass is 9.99. The highest BCUT2D eigenvalue weighted by atomic mass is 35.5. The summed E-state index contributed by atoms with van der Waals surface area (Å²) >= 11 is 7.86. The maximum Gasteiger partial charge on any atom is 0.261 e. The number of halogens is 1. The zero-order valence-corrected chi connectivity index (χ0v) is 34.0. The molecule has 2 N–H and O–H groups in total. The standard InChI is InChI=1S/C43H41ClN8O5S/c1-24-33(42(56)51(23-53)34-15-17-37(54)47-41(34)55)6-5-7-35(24)57-22-29-20-50(21-29)19-28-8-13-32(45-18-28)14-16-36-25(2)38-39(30-9-11-31(44)12-10-30)46-26(3)40-49-48-27(4)52(40)43(38)58-36/h5-13,18,23,26,29,32,34,45H,15,17,19-22H2,1-4H3,(H,47,54,55)/t26-,32?,34?/m0/s1. The molecule has 2 saturated heterocycles. The Labute approximate surface area is 344 Å². The summed E-state index contributed by atoms with van der Waals surface area (Å²) in [4.78, 5) is 58.5. The Morgan fingerprint density at radius 3 is 2.62 bits per heavy atom. The Balaban J connectivity index is 0.865. The van der Waals surface area contributed by atoms with Gasteiger partial charge in [-0.2, -0.15) is 0 Å². The summed E-state index contributed by atoms with van der Waals surface area (Å²) in [7, 11) is 0. The van der Waals surface area contributed by atoms with Crippen LogP contribution in [0.15, 0.2) is 71.4 Å². The molecule has 0 aliphatic carbocycles. The molecule has 0 saturated carbocycles. The second-order valence-corrected chi connectivity index (χ2v) is 16.3. The summed E-state index contributed by atoms with van der Waals surface area (Å²) in [6.45, 7) is 10.8. The highest BCUT2D eigenvalue weighted by Gasteiger charge is 2.36. The van der Waals surface area contributed by atoms with Gasteiger partial charge in [0.15, 0.2) is 5.82 Å². The predicted molar refractivity (Wildman–Crippen MR) is 220 cm³/mol. The summed E-state index contributed by atoms with van der Waals surface area (Å²) in [5, 5.41) is 16.2. The van der Waals surface area contributed by atoms with Crippen LogP contribution < -0.4 is 15.4 Å². The Hall–Kier alpha value is -5.88. The largest absolute Gasteiger partial charge is 0.493 e. The number of carbonyl (C=O) groups excluding carboxylic acids is 4. The molecule has 8 rings (SSSR count). The van der Waals surface area contributed by atoms with Gasteiger partial charge in [-0.15, -0.1) is 21.5 Å². The third-order valence-electron chi connectivity index (χ3n) is 10.8. The number of rotatable bonds is 9. The van der Waals surface area contributed by atoms with Gasteiger partial charge in [0.05, 0.1) is 17.2 Å². The third-order valence-corrected chi connectivity index (χ3v) is 12.3. The van der Waals surface area contributed by atoms with Crippen molar-refractivity contribution in [3.63, 3.8) is 0 Å². The van der Waals surface area contributed by atoms with Crippen molar-refractivity contribution in [2.24, 2.45) is 10.9 Å². The lowest BCUT2D eigenvalue weighted by Crippen LogP contribution is -2.53. The Morgan fingerprint density at radius 2 is 1.90 bits per heavy atom. The predicted octanol–water partition coefficient (Wildman–Crippen LogP) is 5.00. The molecule has 4 amide bonds. The van der Waals surface area contributed by atoms with E-state index in [1.54, 1.807) is 36.5 Å². The summed E-state index contributed by atoms with van der Waals surface area (Å²) in [5.74, 6) is 7.64. The van der Waals surface area contributed by atoms with Gasteiger partial charge in [-0.05, 0) is 75.6 Å². The molecular formula is C43H41ClN8O5S. The average molecular weight is 817 g/mol. The molecule has 6 heterocycles. The van der Waals surface area contributed by atoms with Crippen molar-refractivity contribution in [3.8, 4) is 22.6 Å². The zero-order chi connectivity index (χ0) is 40.7. The monoisotopic (exact) mass is 816 g/mol. The minimum absolute atomic E-state index is 0.0581. The first-order chi connectivity index (χ1) is 28.0. The summed E-state index contributed by atoms with van der Waals surface area (Å²) in [6, 6.07) is 11.5. The molecule has 2 fully saturated rings. The maximum atomic E-state index is 13.3. The van der Waals surface area contributed by atoms with Crippen molar-refractivity contribution in [2.45, 2.75) is 58.7 Å². The quantitative estimate of drug-likeness (QED) is 0.135. The molecule has 0 bridgehead atoms. The number of likely N-dealkylation sites (tertiary alicyclic amines) is 1. The van der Waals surface area contributed by atoms with Crippen molar-refractivity contribution in [2.75, 3.05) is 26.2 Å². The van der Waals surface area contributed by atoms with E-state index in [0.717, 1.165) is 74.0 Å². The minimum Gasteiger partial charge on any atom is -0.493 e. The molecule has 0 radical (unpaired) electrons. The number of imide groups is 2. The number of aromatic nitrogens is 3. The van der Waals surface area contributed by atoms with Gasteiger partial charge in [0.1, 0.15) is 34.7 Å². The van der Waals surface area contributed by atoms with Gasteiger partial charge < -0.3 is 10.1 Å². The van der Waals surface area contributed by atoms with Gasteiger partial charge >= 0.3 is 0 Å². The van der Waals surface area contributed by atoms with E-state index in [4.69, 9.17) is 21.3 Å². The number of nitrogens with one attached hydrogen (secondary N) is 2. The Kier molecular flexibility index (Phi) is 10.9. The fourth-order valence-electron chi connectivity index (χ4n) is 7.68. The van der Waals surface area contributed by atoms with Gasteiger partial charge in [-0.25, -0.2) is 0 Å². The van der Waals surface area contributed by atoms with E-state index in [2.05, 4.69) is 61.2 Å². The van der Waals surface area contributed by atoms with Crippen LogP contribution >= 0.6 is 22.9 Å². The van der Waals surface area contributed by atoms with Crippen LogP contribution in [0.2, 0.25) is 5.02 Å². The van der Waals surface area contributed by atoms with Crippen molar-refractivity contribution in [3.05, 3.63) is 116 Å². The molecule has 2 unspecified atom stereocenters. The van der Waals surface area contributed by atoms with Crippen LogP contribution in [0, 0.1) is 38.5 Å². The fraction of sp³-hybridized carbons (Fsp3) is 0.326. The van der Waals surface area contributed by atoms with Gasteiger partial charge in [0, 0.05) is 65.4 Å². The molecule has 4 aliphatic heterocycles. The van der Waals surface area contributed by atoms with Crippen molar-refractivity contribution in [1.82, 2.24) is 35.2 Å². The molecule has 3 atom stereocenters. The first kappa shape index (κ1) is 39.0. The molecule has 4 aliphatic rings. The number of thiophene rings is 1. The van der Waals surface area contributed by atoms with Gasteiger partial charge in [-0.1, -0.05) is 47.7 Å². The number of ether oxygens (including phenoxy) is 1. The molecule has 4 aromatic rings. The van der Waals surface area contributed by atoms with E-state index in [-0.39, 0.29) is 30.5 Å². The number of carbonyl (C=O) groups is 4. The number of hydrogen-bond acceptors (Lipinski definition) is 11. The number of piperidine rings is 1. The van der Waals surface area contributed by atoms with Crippen molar-refractivity contribution >= 4 is 52.8 Å². The van der Waals surface area contributed by atoms with E-state index >= 15 is 0 Å². The molecule has 0 spiro atoms. The van der Waals surface area contributed by atoms with Crippen LogP contribution in [0.5, 0.6) is 5.75 Å². The highest BCUT2D eigenvalue weighted by Crippen LogP contribution is 2.39. The van der Waals surface area contributed by atoms with Crippen molar-refractivity contribution < 1.29 is 23.9 Å². The first-order valence-electron chi connectivity index (χ1n) is 19.1. The van der Waals surface area contributed by atoms with Gasteiger partial charge in [0.2, 0.25) is 18.2 Å². The summed E-state index contributed by atoms with van der Waals surface area (Å²) < 4.78 is 8.26. The average Bonchev–Trinajstić information content (AvgIpc) is 3.70. The van der Waals surface area contributed by atoms with Crippen LogP contribution in [0.4, 0.5) is 0 Å². The van der Waals surface area contributed by atoms with Gasteiger partial charge in [0.25, 0.3) is 5.91 Å². The van der Waals surface area contributed by atoms with Crippen LogP contribution in [-0.2, 0) is 14.4 Å². The molecule has 13 nitrogen and oxygen atoms in total. The number of dihydropyridines is 1. The van der Waals surface area contributed by atoms with Crippen LogP contribution in [0.25, 0.3) is 5.00 Å². The van der Waals surface area contributed by atoms with Gasteiger partial charge in [-0.3, -0.25) is 43.9 Å². The molecular weight excluding hydrogens is 776 g/mol. The number of fused-ring (bicyclic) bond motifs is 3. The highest BCUT2D eigenvalue weighted by molar-refractivity contribution is 7.15. The number of benzene rings is 2. The van der Waals surface area contributed by atoms with E-state index in [1.807, 2.05) is 44.3 Å². The molecule has 15 heteroatoms. The topological polar surface area (TPSA) is 151 Å². The summed E-state index contributed by atoms with van der Waals surface area (Å²) in [5.41, 5.74) is 5.97. The second-order valence-electron chi connectivity index (χ2n) is 14.9. The molecule has 296 valence electrons. The van der Waals surface area contributed by atoms with E-state index in [0.29, 0.717) is 35.3 Å². The normalized spacial score (nSPS) is 20.2. The lowest BCUT2D eigenvalue weighted by molar-refractivity contribution is -0.139. The lowest BCUT2D eigenvalue weighted by Gasteiger charge is -2.39. The van der Waals surface area contributed by atoms with E-state index in [1.165, 1.54) is 0 Å². The van der Waals surface area contributed by atoms with Crippen LogP contribution in [0.1, 0.15) is 74.9 Å². The third kappa shape index (κ3) is 7.60.